The summed E-state index contributed by atoms with van der Waals surface area (Å²) in [6.07, 6.45) is 17.0. The first kappa shape index (κ1) is 49.3. The molecule has 0 heterocycles. The van der Waals surface area contributed by atoms with Gasteiger partial charge < -0.3 is 39.9 Å². The molecule has 0 bridgehead atoms. The summed E-state index contributed by atoms with van der Waals surface area (Å²) in [6, 6.07) is 0. The number of rotatable bonds is 32. The molecule has 13 nitrogen and oxygen atoms in total. The number of aliphatic hydroxyl groups is 5. The van der Waals surface area contributed by atoms with Crippen LogP contribution in [0, 0.1) is 17.8 Å². The van der Waals surface area contributed by atoms with Crippen molar-refractivity contribution in [2.45, 2.75) is 167 Å². The molecule has 53 heavy (non-hydrogen) atoms. The smallest absolute Gasteiger partial charge is 0.462 e. The van der Waals surface area contributed by atoms with E-state index in [1.54, 1.807) is 6.08 Å². The second-order valence-electron chi connectivity index (χ2n) is 14.5. The highest BCUT2D eigenvalue weighted by Crippen LogP contribution is 2.43. The minimum atomic E-state index is -4.68. The van der Waals surface area contributed by atoms with Gasteiger partial charge in [0.05, 0.1) is 38.1 Å². The quantitative estimate of drug-likeness (QED) is 0.0199. The van der Waals surface area contributed by atoms with Crippen molar-refractivity contribution in [2.24, 2.45) is 17.8 Å². The Morgan fingerprint density at radius 1 is 0.830 bits per heavy atom. The third-order valence-electron chi connectivity index (χ3n) is 9.72. The summed E-state index contributed by atoms with van der Waals surface area (Å²) >= 11 is 0. The predicted octanol–water partition coefficient (Wildman–Crippen LogP) is 6.07. The standard InChI is InChI=1S/C39H71O13P/c1-4-6-13-19-31(41)23-24-35-34(36(43)25-37(35)44)20-15-11-12-17-22-39(46)52-33(29-51-53(47,48)50-27-32(42)26-40)28-49-38(45)21-16-10-8-7-9-14-18-30(3)5-2/h11,15,23-24,30-37,40-44H,4-10,12-14,16-22,25-29H2,1-3H3,(H,47,48)/b15-11+,24-23+/t30?,31-,32-,33+,34+,35+,36-,37+/m0/s1. The van der Waals surface area contributed by atoms with Gasteiger partial charge in [-0.1, -0.05) is 109 Å². The van der Waals surface area contributed by atoms with Crippen molar-refractivity contribution in [2.75, 3.05) is 26.4 Å². The molecule has 0 radical (unpaired) electrons. The van der Waals surface area contributed by atoms with E-state index in [9.17, 15) is 39.5 Å². The van der Waals surface area contributed by atoms with Crippen LogP contribution in [0.2, 0.25) is 0 Å². The molecule has 0 aromatic carbocycles. The van der Waals surface area contributed by atoms with Gasteiger partial charge in [-0.05, 0) is 43.9 Å². The Bertz CT molecular complexity index is 1070. The number of phosphoric acid groups is 1. The Hall–Kier alpha value is -1.67. The summed E-state index contributed by atoms with van der Waals surface area (Å²) in [6.45, 7) is 4.23. The van der Waals surface area contributed by atoms with Gasteiger partial charge in [0.15, 0.2) is 6.10 Å². The highest BCUT2D eigenvalue weighted by atomic mass is 31.2. The van der Waals surface area contributed by atoms with Gasteiger partial charge in [0.25, 0.3) is 0 Å². The van der Waals surface area contributed by atoms with Gasteiger partial charge in [-0.3, -0.25) is 18.6 Å². The topological polar surface area (TPSA) is 210 Å². The zero-order valence-electron chi connectivity index (χ0n) is 32.5. The molecule has 0 aromatic heterocycles. The number of carbonyl (C=O) groups is 2. The fraction of sp³-hybridized carbons (Fsp3) is 0.846. The molecule has 1 saturated carbocycles. The van der Waals surface area contributed by atoms with Crippen molar-refractivity contribution in [1.29, 1.82) is 0 Å². The van der Waals surface area contributed by atoms with Crippen molar-refractivity contribution in [3.63, 3.8) is 0 Å². The summed E-state index contributed by atoms with van der Waals surface area (Å²) in [4.78, 5) is 35.0. The first-order chi connectivity index (χ1) is 25.3. The first-order valence-corrected chi connectivity index (χ1v) is 21.4. The van der Waals surface area contributed by atoms with Crippen molar-refractivity contribution in [3.8, 4) is 0 Å². The van der Waals surface area contributed by atoms with E-state index in [-0.39, 0.29) is 37.7 Å². The molecule has 1 aliphatic carbocycles. The second-order valence-corrected chi connectivity index (χ2v) is 16.0. The molecule has 0 spiro atoms. The monoisotopic (exact) mass is 778 g/mol. The highest BCUT2D eigenvalue weighted by molar-refractivity contribution is 7.47. The van der Waals surface area contributed by atoms with Crippen LogP contribution in [0.15, 0.2) is 24.3 Å². The lowest BCUT2D eigenvalue weighted by atomic mass is 9.89. The van der Waals surface area contributed by atoms with E-state index in [2.05, 4.69) is 25.3 Å². The van der Waals surface area contributed by atoms with Gasteiger partial charge in [0.2, 0.25) is 0 Å². The summed E-state index contributed by atoms with van der Waals surface area (Å²) in [5.41, 5.74) is 0. The number of unbranched alkanes of at least 4 members (excludes halogenated alkanes) is 8. The molecule has 2 unspecified atom stereocenters. The van der Waals surface area contributed by atoms with Crippen molar-refractivity contribution < 1.29 is 63.1 Å². The Balaban J connectivity index is 2.56. The number of allylic oxidation sites excluding steroid dienone is 2. The zero-order valence-corrected chi connectivity index (χ0v) is 33.4. The Kier molecular flexibility index (Phi) is 27.6. The van der Waals surface area contributed by atoms with Gasteiger partial charge >= 0.3 is 19.8 Å². The van der Waals surface area contributed by atoms with Crippen molar-refractivity contribution >= 4 is 19.8 Å². The Labute approximate surface area is 317 Å². The van der Waals surface area contributed by atoms with Crippen LogP contribution in [-0.4, -0.2) is 99.3 Å². The van der Waals surface area contributed by atoms with E-state index in [0.717, 1.165) is 44.4 Å². The molecule has 14 heteroatoms. The van der Waals surface area contributed by atoms with Gasteiger partial charge in [0.1, 0.15) is 12.7 Å². The third kappa shape index (κ3) is 24.5. The molecule has 310 valence electrons. The molecular weight excluding hydrogens is 707 g/mol. The van der Waals surface area contributed by atoms with E-state index in [1.165, 1.54) is 25.7 Å². The van der Waals surface area contributed by atoms with Crippen LogP contribution >= 0.6 is 7.82 Å². The minimum Gasteiger partial charge on any atom is -0.462 e. The summed E-state index contributed by atoms with van der Waals surface area (Å²) in [5.74, 6) is -0.828. The number of esters is 2. The molecular formula is C39H71O13P. The number of hydrogen-bond donors (Lipinski definition) is 6. The summed E-state index contributed by atoms with van der Waals surface area (Å²) < 4.78 is 32.6. The van der Waals surface area contributed by atoms with E-state index < -0.39 is 70.1 Å². The maximum Gasteiger partial charge on any atom is 0.472 e. The van der Waals surface area contributed by atoms with Crippen LogP contribution in [0.5, 0.6) is 0 Å². The van der Waals surface area contributed by atoms with Crippen LogP contribution in [0.25, 0.3) is 0 Å². The molecule has 1 fully saturated rings. The van der Waals surface area contributed by atoms with Crippen molar-refractivity contribution in [1.82, 2.24) is 0 Å². The van der Waals surface area contributed by atoms with E-state index in [1.807, 2.05) is 18.2 Å². The van der Waals surface area contributed by atoms with Crippen LogP contribution < -0.4 is 0 Å². The van der Waals surface area contributed by atoms with Gasteiger partial charge in [0, 0.05) is 25.2 Å². The summed E-state index contributed by atoms with van der Waals surface area (Å²) in [7, 11) is -4.68. The van der Waals surface area contributed by atoms with Crippen LogP contribution in [-0.2, 0) is 32.7 Å². The molecule has 0 saturated heterocycles. The van der Waals surface area contributed by atoms with Crippen LogP contribution in [0.3, 0.4) is 0 Å². The largest absolute Gasteiger partial charge is 0.472 e. The fourth-order valence-corrected chi connectivity index (χ4v) is 6.93. The lowest BCUT2D eigenvalue weighted by Gasteiger charge is -2.20. The average molecular weight is 779 g/mol. The number of ether oxygens (including phenoxy) is 2. The highest BCUT2D eigenvalue weighted by Gasteiger charge is 2.39. The molecule has 0 aliphatic heterocycles. The minimum absolute atomic E-state index is 0.00811. The number of phosphoric ester groups is 1. The zero-order chi connectivity index (χ0) is 39.5. The van der Waals surface area contributed by atoms with Gasteiger partial charge in [-0.2, -0.15) is 0 Å². The van der Waals surface area contributed by atoms with E-state index >= 15 is 0 Å². The summed E-state index contributed by atoms with van der Waals surface area (Å²) in [5, 5.41) is 49.6. The number of hydrogen-bond acceptors (Lipinski definition) is 12. The molecule has 0 amide bonds. The SMILES string of the molecule is CCCCC[C@H](O)/C=C/[C@@H]1[C@@H](C/C=C/CCCC(=O)O[C@H](COC(=O)CCCCCCCCC(C)CC)COP(=O)(O)OC[C@@H](O)CO)[C@@H](O)C[C@H]1O. The molecule has 0 aromatic rings. The van der Waals surface area contributed by atoms with Crippen LogP contribution in [0.4, 0.5) is 0 Å². The molecule has 1 rings (SSSR count). The maximum atomic E-state index is 12.7. The normalized spacial score (nSPS) is 22.5. The maximum absolute atomic E-state index is 12.7. The molecule has 6 N–H and O–H groups in total. The first-order valence-electron chi connectivity index (χ1n) is 19.9. The predicted molar refractivity (Wildman–Crippen MR) is 203 cm³/mol. The third-order valence-corrected chi connectivity index (χ3v) is 10.7. The lowest BCUT2D eigenvalue weighted by molar-refractivity contribution is -0.161. The van der Waals surface area contributed by atoms with E-state index in [0.29, 0.717) is 32.1 Å². The second kappa shape index (κ2) is 29.6. The molecule has 1 aliphatic rings. The van der Waals surface area contributed by atoms with Gasteiger partial charge in [-0.15, -0.1) is 0 Å². The number of aliphatic hydroxyl groups excluding tert-OH is 5. The van der Waals surface area contributed by atoms with Crippen molar-refractivity contribution in [3.05, 3.63) is 24.3 Å². The average Bonchev–Trinajstić information content (AvgIpc) is 3.40. The Morgan fingerprint density at radius 3 is 2.19 bits per heavy atom. The van der Waals surface area contributed by atoms with Gasteiger partial charge in [-0.25, -0.2) is 4.57 Å². The fourth-order valence-electron chi connectivity index (χ4n) is 6.14. The van der Waals surface area contributed by atoms with E-state index in [4.69, 9.17) is 19.1 Å². The Morgan fingerprint density at radius 2 is 1.49 bits per heavy atom. The lowest BCUT2D eigenvalue weighted by Crippen LogP contribution is -2.29. The van der Waals surface area contributed by atoms with Crippen LogP contribution in [0.1, 0.15) is 136 Å². The number of carbonyl (C=O) groups excluding carboxylic acids is 2. The molecule has 9 atom stereocenters.